The monoisotopic (exact) mass is 316 g/mol. The molecule has 1 heterocycles. The lowest BCUT2D eigenvalue weighted by Crippen LogP contribution is -2.10. The van der Waals surface area contributed by atoms with Gasteiger partial charge in [-0.25, -0.2) is 0 Å². The van der Waals surface area contributed by atoms with Crippen LogP contribution in [-0.4, -0.2) is 18.8 Å². The van der Waals surface area contributed by atoms with Gasteiger partial charge in [0.2, 0.25) is 0 Å². The van der Waals surface area contributed by atoms with Crippen molar-refractivity contribution in [2.24, 2.45) is 0 Å². The minimum Gasteiger partial charge on any atom is -0.493 e. The van der Waals surface area contributed by atoms with E-state index in [1.807, 2.05) is 13.8 Å². The number of rotatable bonds is 7. The fraction of sp³-hybridized carbons (Fsp3) is 0.647. The lowest BCUT2D eigenvalue weighted by atomic mass is 9.92. The second-order valence-corrected chi connectivity index (χ2v) is 5.86. The number of halogens is 3. The maximum Gasteiger partial charge on any atom is 0.416 e. The van der Waals surface area contributed by atoms with Gasteiger partial charge in [0.05, 0.1) is 24.4 Å². The summed E-state index contributed by atoms with van der Waals surface area (Å²) in [5.74, 6) is 0.520. The SMILES string of the molecule is CCCOc1ccc(C(F)(F)F)cc1C(C)CC1OC1CC. The molecule has 1 aliphatic rings. The molecule has 1 aromatic rings. The second-order valence-electron chi connectivity index (χ2n) is 5.86. The summed E-state index contributed by atoms with van der Waals surface area (Å²) in [5.41, 5.74) is -0.00409. The molecule has 0 aliphatic carbocycles. The Bertz CT molecular complexity index is 499. The Kier molecular flexibility index (Phi) is 5.37. The van der Waals surface area contributed by atoms with E-state index >= 15 is 0 Å². The lowest BCUT2D eigenvalue weighted by molar-refractivity contribution is -0.137. The average molecular weight is 316 g/mol. The summed E-state index contributed by atoms with van der Waals surface area (Å²) in [6, 6.07) is 3.75. The zero-order valence-electron chi connectivity index (χ0n) is 13.2. The molecule has 0 N–H and O–H groups in total. The molecule has 1 aliphatic heterocycles. The molecular formula is C17H23F3O2. The molecule has 22 heavy (non-hydrogen) atoms. The van der Waals surface area contributed by atoms with Crippen LogP contribution in [0.2, 0.25) is 0 Å². The highest BCUT2D eigenvalue weighted by Gasteiger charge is 2.39. The van der Waals surface area contributed by atoms with Crippen LogP contribution in [0.25, 0.3) is 0 Å². The van der Waals surface area contributed by atoms with Crippen molar-refractivity contribution >= 4 is 0 Å². The Morgan fingerprint density at radius 1 is 1.23 bits per heavy atom. The standard InChI is InChI=1S/C17H23F3O2/c1-4-8-21-15-7-6-12(17(18,19)20)10-13(15)11(3)9-16-14(5-2)22-16/h6-7,10-11,14,16H,4-5,8-9H2,1-3H3. The van der Waals surface area contributed by atoms with Crippen LogP contribution in [0.3, 0.4) is 0 Å². The Balaban J connectivity index is 2.20. The number of ether oxygens (including phenoxy) is 2. The molecule has 0 radical (unpaired) electrons. The summed E-state index contributed by atoms with van der Waals surface area (Å²) in [6.07, 6.45) is -1.43. The highest BCUT2D eigenvalue weighted by atomic mass is 19.4. The van der Waals surface area contributed by atoms with Gasteiger partial charge in [-0.05, 0) is 48.9 Å². The lowest BCUT2D eigenvalue weighted by Gasteiger charge is -2.18. The maximum atomic E-state index is 12.9. The first-order valence-electron chi connectivity index (χ1n) is 7.86. The molecule has 0 saturated carbocycles. The summed E-state index contributed by atoms with van der Waals surface area (Å²) in [5, 5.41) is 0. The molecule has 0 amide bonds. The molecule has 0 spiro atoms. The van der Waals surface area contributed by atoms with Crippen LogP contribution < -0.4 is 4.74 Å². The molecule has 5 heteroatoms. The molecule has 1 aromatic carbocycles. The Morgan fingerprint density at radius 3 is 2.50 bits per heavy atom. The van der Waals surface area contributed by atoms with Crippen molar-refractivity contribution in [1.29, 1.82) is 0 Å². The Morgan fingerprint density at radius 2 is 1.95 bits per heavy atom. The maximum absolute atomic E-state index is 12.9. The number of hydrogen-bond acceptors (Lipinski definition) is 2. The van der Waals surface area contributed by atoms with E-state index in [1.165, 1.54) is 12.1 Å². The first kappa shape index (κ1) is 17.1. The quantitative estimate of drug-likeness (QED) is 0.648. The Hall–Kier alpha value is -1.23. The second kappa shape index (κ2) is 6.90. The molecule has 1 saturated heterocycles. The van der Waals surface area contributed by atoms with Crippen LogP contribution >= 0.6 is 0 Å². The van der Waals surface area contributed by atoms with Crippen LogP contribution in [0.5, 0.6) is 5.75 Å². The van der Waals surface area contributed by atoms with Crippen molar-refractivity contribution in [3.63, 3.8) is 0 Å². The average Bonchev–Trinajstić information content (AvgIpc) is 3.22. The zero-order valence-corrected chi connectivity index (χ0v) is 13.2. The zero-order chi connectivity index (χ0) is 16.3. The van der Waals surface area contributed by atoms with Gasteiger partial charge in [-0.2, -0.15) is 13.2 Å². The van der Waals surface area contributed by atoms with Crippen molar-refractivity contribution in [2.75, 3.05) is 6.61 Å². The van der Waals surface area contributed by atoms with E-state index in [0.29, 0.717) is 17.9 Å². The van der Waals surface area contributed by atoms with E-state index in [1.54, 1.807) is 0 Å². The largest absolute Gasteiger partial charge is 0.493 e. The molecule has 1 fully saturated rings. The predicted octanol–water partition coefficient (Wildman–Crippen LogP) is 5.17. The van der Waals surface area contributed by atoms with Gasteiger partial charge < -0.3 is 9.47 Å². The van der Waals surface area contributed by atoms with E-state index in [0.717, 1.165) is 25.3 Å². The van der Waals surface area contributed by atoms with Gasteiger partial charge in [0.15, 0.2) is 0 Å². The van der Waals surface area contributed by atoms with Gasteiger partial charge in [0.1, 0.15) is 5.75 Å². The van der Waals surface area contributed by atoms with E-state index in [2.05, 4.69) is 6.92 Å². The molecule has 0 bridgehead atoms. The number of epoxide rings is 1. The van der Waals surface area contributed by atoms with E-state index < -0.39 is 11.7 Å². The van der Waals surface area contributed by atoms with Crippen LogP contribution in [0, 0.1) is 0 Å². The number of hydrogen-bond donors (Lipinski definition) is 0. The summed E-state index contributed by atoms with van der Waals surface area (Å²) in [6.45, 7) is 6.46. The van der Waals surface area contributed by atoms with Crippen LogP contribution in [0.1, 0.15) is 57.1 Å². The topological polar surface area (TPSA) is 21.8 Å². The third-order valence-electron chi connectivity index (χ3n) is 4.01. The summed E-state index contributed by atoms with van der Waals surface area (Å²) < 4.78 is 50.0. The fourth-order valence-electron chi connectivity index (χ4n) is 2.67. The minimum absolute atomic E-state index is 0.0318. The summed E-state index contributed by atoms with van der Waals surface area (Å²) in [4.78, 5) is 0. The Labute approximate surface area is 129 Å². The van der Waals surface area contributed by atoms with E-state index in [9.17, 15) is 13.2 Å². The first-order valence-corrected chi connectivity index (χ1v) is 7.86. The van der Waals surface area contributed by atoms with Crippen LogP contribution in [0.15, 0.2) is 18.2 Å². The summed E-state index contributed by atoms with van der Waals surface area (Å²) >= 11 is 0. The van der Waals surface area contributed by atoms with E-state index in [-0.39, 0.29) is 18.1 Å². The minimum atomic E-state index is -4.33. The summed E-state index contributed by atoms with van der Waals surface area (Å²) in [7, 11) is 0. The molecule has 0 aromatic heterocycles. The normalized spacial score (nSPS) is 22.5. The van der Waals surface area contributed by atoms with Crippen LogP contribution in [-0.2, 0) is 10.9 Å². The molecule has 3 unspecified atom stereocenters. The third kappa shape index (κ3) is 4.15. The van der Waals surface area contributed by atoms with Gasteiger partial charge in [-0.1, -0.05) is 20.8 Å². The fourth-order valence-corrected chi connectivity index (χ4v) is 2.67. The molecule has 2 nitrogen and oxygen atoms in total. The molecule has 2 rings (SSSR count). The first-order chi connectivity index (χ1) is 10.4. The number of alkyl halides is 3. The predicted molar refractivity (Wildman–Crippen MR) is 79.2 cm³/mol. The van der Waals surface area contributed by atoms with Crippen molar-refractivity contribution in [2.45, 2.75) is 64.3 Å². The molecule has 3 atom stereocenters. The molecule has 124 valence electrons. The van der Waals surface area contributed by atoms with Crippen molar-refractivity contribution in [3.8, 4) is 5.75 Å². The van der Waals surface area contributed by atoms with Gasteiger partial charge in [-0.15, -0.1) is 0 Å². The highest BCUT2D eigenvalue weighted by molar-refractivity contribution is 5.40. The van der Waals surface area contributed by atoms with E-state index in [4.69, 9.17) is 9.47 Å². The van der Waals surface area contributed by atoms with Gasteiger partial charge in [0.25, 0.3) is 0 Å². The van der Waals surface area contributed by atoms with Gasteiger partial charge in [-0.3, -0.25) is 0 Å². The van der Waals surface area contributed by atoms with Crippen molar-refractivity contribution < 1.29 is 22.6 Å². The van der Waals surface area contributed by atoms with Crippen molar-refractivity contribution in [1.82, 2.24) is 0 Å². The van der Waals surface area contributed by atoms with Crippen LogP contribution in [0.4, 0.5) is 13.2 Å². The third-order valence-corrected chi connectivity index (χ3v) is 4.01. The molecular weight excluding hydrogens is 293 g/mol. The van der Waals surface area contributed by atoms with Gasteiger partial charge >= 0.3 is 6.18 Å². The number of benzene rings is 1. The van der Waals surface area contributed by atoms with Crippen molar-refractivity contribution in [3.05, 3.63) is 29.3 Å². The highest BCUT2D eigenvalue weighted by Crippen LogP contribution is 2.40. The van der Waals surface area contributed by atoms with Gasteiger partial charge in [0, 0.05) is 0 Å². The smallest absolute Gasteiger partial charge is 0.416 e.